The number of hydrogen-bond acceptors (Lipinski definition) is 2. The van der Waals surface area contributed by atoms with Gasteiger partial charge in [0.2, 0.25) is 6.41 Å². The molecule has 0 spiro atoms. The maximum absolute atomic E-state index is 8.58. The monoisotopic (exact) mass is 202 g/mol. The highest BCUT2D eigenvalue weighted by atomic mass is 16.1. The van der Waals surface area contributed by atoms with Gasteiger partial charge in [-0.25, -0.2) is 0 Å². The summed E-state index contributed by atoms with van der Waals surface area (Å²) in [6.07, 6.45) is 7.16. The first-order valence-electron chi connectivity index (χ1n) is 5.56. The van der Waals surface area contributed by atoms with Crippen molar-refractivity contribution in [3.8, 4) is 0 Å². The van der Waals surface area contributed by atoms with E-state index in [1.54, 1.807) is 0 Å². The molecule has 0 saturated carbocycles. The fourth-order valence-electron chi connectivity index (χ4n) is 1.05. The summed E-state index contributed by atoms with van der Waals surface area (Å²) >= 11 is 0. The Bertz CT molecular complexity index is 99.5. The summed E-state index contributed by atoms with van der Waals surface area (Å²) in [7, 11) is 2.19. The molecule has 0 unspecified atom stereocenters. The van der Waals surface area contributed by atoms with Crippen LogP contribution in [-0.4, -0.2) is 31.4 Å². The molecular formula is C11H26N2O. The van der Waals surface area contributed by atoms with Crippen molar-refractivity contribution < 1.29 is 4.79 Å². The maximum atomic E-state index is 8.58. The van der Waals surface area contributed by atoms with Gasteiger partial charge >= 0.3 is 0 Å². The van der Waals surface area contributed by atoms with E-state index in [0.717, 1.165) is 0 Å². The quantitative estimate of drug-likeness (QED) is 0.661. The van der Waals surface area contributed by atoms with Gasteiger partial charge in [0.05, 0.1) is 0 Å². The van der Waals surface area contributed by atoms with E-state index in [0.29, 0.717) is 0 Å². The average Bonchev–Trinajstić information content (AvgIpc) is 2.21. The van der Waals surface area contributed by atoms with E-state index < -0.39 is 0 Å². The van der Waals surface area contributed by atoms with Crippen LogP contribution >= 0.6 is 0 Å². The molecular weight excluding hydrogens is 176 g/mol. The average molecular weight is 202 g/mol. The highest BCUT2D eigenvalue weighted by Gasteiger charge is 2.02. The molecule has 0 aromatic heterocycles. The molecule has 86 valence electrons. The standard InChI is InChI=1S/C6H13N.C4H10.CH3NO/c1-7-5-3-2-4-6-7;1-3-4-2;2-1-3/h2-6H2,1H3;3-4H2,1-2H3;1H,(H2,2,3). The molecule has 1 fully saturated rings. The zero-order valence-electron chi connectivity index (χ0n) is 9.96. The van der Waals surface area contributed by atoms with Gasteiger partial charge in [0.1, 0.15) is 0 Å². The summed E-state index contributed by atoms with van der Waals surface area (Å²) in [5.41, 5.74) is 4.17. The molecule has 3 nitrogen and oxygen atoms in total. The van der Waals surface area contributed by atoms with E-state index in [9.17, 15) is 0 Å². The molecule has 2 N–H and O–H groups in total. The number of unbranched alkanes of at least 4 members (excludes halogenated alkanes) is 1. The molecule has 1 rings (SSSR count). The molecule has 0 aromatic rings. The van der Waals surface area contributed by atoms with Crippen molar-refractivity contribution in [2.24, 2.45) is 5.73 Å². The molecule has 1 heterocycles. The van der Waals surface area contributed by atoms with Crippen molar-refractivity contribution >= 4 is 6.41 Å². The Morgan fingerprint density at radius 3 is 1.64 bits per heavy atom. The minimum atomic E-state index is 0.250. The Morgan fingerprint density at radius 1 is 1.14 bits per heavy atom. The molecule has 0 radical (unpaired) electrons. The molecule has 14 heavy (non-hydrogen) atoms. The third-order valence-electron chi connectivity index (χ3n) is 2.08. The number of likely N-dealkylation sites (tertiary alicyclic amines) is 1. The van der Waals surface area contributed by atoms with Crippen LogP contribution in [0.3, 0.4) is 0 Å². The van der Waals surface area contributed by atoms with E-state index in [1.807, 2.05) is 0 Å². The largest absolute Gasteiger partial charge is 0.372 e. The van der Waals surface area contributed by atoms with Gasteiger partial charge in [-0.15, -0.1) is 0 Å². The molecule has 0 aliphatic carbocycles. The summed E-state index contributed by atoms with van der Waals surface area (Å²) in [5, 5.41) is 0. The number of nitrogens with zero attached hydrogens (tertiary/aromatic N) is 1. The normalized spacial score (nSPS) is 15.6. The van der Waals surface area contributed by atoms with Gasteiger partial charge in [0, 0.05) is 0 Å². The fraction of sp³-hybridized carbons (Fsp3) is 0.909. The third-order valence-corrected chi connectivity index (χ3v) is 2.08. The van der Waals surface area contributed by atoms with Gasteiger partial charge in [-0.1, -0.05) is 33.1 Å². The molecule has 1 saturated heterocycles. The number of piperidine rings is 1. The van der Waals surface area contributed by atoms with Crippen molar-refractivity contribution in [3.05, 3.63) is 0 Å². The smallest absolute Gasteiger partial charge is 0.204 e. The first-order chi connectivity index (χ1) is 6.72. The molecule has 1 aliphatic heterocycles. The second-order valence-electron chi connectivity index (χ2n) is 3.50. The van der Waals surface area contributed by atoms with Gasteiger partial charge in [-0.05, 0) is 33.0 Å². The number of rotatable bonds is 1. The van der Waals surface area contributed by atoms with Crippen molar-refractivity contribution in [1.29, 1.82) is 0 Å². The van der Waals surface area contributed by atoms with E-state index in [1.165, 1.54) is 45.2 Å². The second kappa shape index (κ2) is 14.9. The van der Waals surface area contributed by atoms with Crippen LogP contribution in [0.4, 0.5) is 0 Å². The SMILES string of the molecule is CCCC.CN1CCCCC1.NC=O. The summed E-state index contributed by atoms with van der Waals surface area (Å²) in [6, 6.07) is 0. The van der Waals surface area contributed by atoms with Crippen LogP contribution in [0.2, 0.25) is 0 Å². The summed E-state index contributed by atoms with van der Waals surface area (Å²) in [4.78, 5) is 11.0. The predicted octanol–water partition coefficient (Wildman–Crippen LogP) is 2.01. The van der Waals surface area contributed by atoms with Crippen molar-refractivity contribution in [3.63, 3.8) is 0 Å². The number of carbonyl (C=O) groups excluding carboxylic acids is 1. The lowest BCUT2D eigenvalue weighted by atomic mass is 10.1. The molecule has 0 aromatic carbocycles. The van der Waals surface area contributed by atoms with E-state index >= 15 is 0 Å². The summed E-state index contributed by atoms with van der Waals surface area (Å²) < 4.78 is 0. The van der Waals surface area contributed by atoms with Crippen LogP contribution in [0.1, 0.15) is 46.0 Å². The van der Waals surface area contributed by atoms with Gasteiger partial charge in [-0.3, -0.25) is 4.79 Å². The number of primary amides is 1. The Hall–Kier alpha value is -0.570. The lowest BCUT2D eigenvalue weighted by Crippen LogP contribution is -2.24. The summed E-state index contributed by atoms with van der Waals surface area (Å²) in [5.74, 6) is 0. The number of hydrogen-bond donors (Lipinski definition) is 1. The van der Waals surface area contributed by atoms with Gasteiger partial charge in [0.25, 0.3) is 0 Å². The molecule has 1 amide bonds. The first kappa shape index (κ1) is 15.9. The molecule has 1 aliphatic rings. The lowest BCUT2D eigenvalue weighted by Gasteiger charge is -2.20. The molecule has 0 bridgehead atoms. The zero-order valence-corrected chi connectivity index (χ0v) is 9.96. The fourth-order valence-corrected chi connectivity index (χ4v) is 1.05. The Morgan fingerprint density at radius 2 is 1.50 bits per heavy atom. The summed E-state index contributed by atoms with van der Waals surface area (Å²) in [6.45, 7) is 7.00. The minimum absolute atomic E-state index is 0.250. The van der Waals surface area contributed by atoms with Crippen LogP contribution in [0.25, 0.3) is 0 Å². The molecule has 3 heteroatoms. The lowest BCUT2D eigenvalue weighted by molar-refractivity contribution is -0.106. The van der Waals surface area contributed by atoms with Crippen LogP contribution in [0, 0.1) is 0 Å². The van der Waals surface area contributed by atoms with Crippen LogP contribution in [0.5, 0.6) is 0 Å². The number of carbonyl (C=O) groups is 1. The number of nitrogens with two attached hydrogens (primary N) is 1. The number of amides is 1. The van der Waals surface area contributed by atoms with Crippen molar-refractivity contribution in [1.82, 2.24) is 4.90 Å². The predicted molar refractivity (Wildman–Crippen MR) is 62.2 cm³/mol. The first-order valence-corrected chi connectivity index (χ1v) is 5.56. The second-order valence-corrected chi connectivity index (χ2v) is 3.50. The molecule has 0 atom stereocenters. The van der Waals surface area contributed by atoms with Gasteiger partial charge in [0.15, 0.2) is 0 Å². The van der Waals surface area contributed by atoms with E-state index in [2.05, 4.69) is 31.5 Å². The van der Waals surface area contributed by atoms with Crippen molar-refractivity contribution in [2.75, 3.05) is 20.1 Å². The maximum Gasteiger partial charge on any atom is 0.204 e. The van der Waals surface area contributed by atoms with Gasteiger partial charge < -0.3 is 10.6 Å². The van der Waals surface area contributed by atoms with Crippen LogP contribution < -0.4 is 5.73 Å². The minimum Gasteiger partial charge on any atom is -0.372 e. The Kier molecular flexibility index (Phi) is 16.9. The van der Waals surface area contributed by atoms with Crippen LogP contribution in [-0.2, 0) is 4.79 Å². The topological polar surface area (TPSA) is 46.3 Å². The van der Waals surface area contributed by atoms with E-state index in [4.69, 9.17) is 4.79 Å². The highest BCUT2D eigenvalue weighted by molar-refractivity contribution is 5.42. The Labute approximate surface area is 88.7 Å². The van der Waals surface area contributed by atoms with Crippen LogP contribution in [0.15, 0.2) is 0 Å². The zero-order chi connectivity index (χ0) is 11.2. The van der Waals surface area contributed by atoms with Crippen molar-refractivity contribution in [2.45, 2.75) is 46.0 Å². The Balaban J connectivity index is 0. The highest BCUT2D eigenvalue weighted by Crippen LogP contribution is 2.04. The third kappa shape index (κ3) is 17.5. The van der Waals surface area contributed by atoms with Gasteiger partial charge in [-0.2, -0.15) is 0 Å². The van der Waals surface area contributed by atoms with E-state index in [-0.39, 0.29) is 6.41 Å².